The van der Waals surface area contributed by atoms with Gasteiger partial charge in [-0.2, -0.15) is 0 Å². The molecule has 0 radical (unpaired) electrons. The van der Waals surface area contributed by atoms with Crippen LogP contribution in [0.5, 0.6) is 0 Å². The summed E-state index contributed by atoms with van der Waals surface area (Å²) in [5.41, 5.74) is 1.89. The van der Waals surface area contributed by atoms with Crippen LogP contribution in [0.25, 0.3) is 0 Å². The van der Waals surface area contributed by atoms with Crippen LogP contribution in [-0.2, 0) is 16.0 Å². The number of carboxylic acid groups (broad SMARTS) is 1. The largest absolute Gasteiger partial charge is 0.481 e. The average molecular weight is 370 g/mol. The van der Waals surface area contributed by atoms with Crippen molar-refractivity contribution in [1.29, 1.82) is 0 Å². The van der Waals surface area contributed by atoms with Gasteiger partial charge in [0, 0.05) is 24.3 Å². The van der Waals surface area contributed by atoms with Crippen LogP contribution in [0.1, 0.15) is 74.2 Å². The molecule has 2 rings (SSSR count). The molecule has 1 fully saturated rings. The Morgan fingerprint density at radius 2 is 1.81 bits per heavy atom. The van der Waals surface area contributed by atoms with Crippen LogP contribution in [0.4, 0.5) is 0 Å². The van der Waals surface area contributed by atoms with Crippen LogP contribution >= 0.6 is 0 Å². The number of allylic oxidation sites excluding steroid dienone is 2. The molecule has 0 bridgehead atoms. The zero-order valence-corrected chi connectivity index (χ0v) is 16.2. The molecule has 146 valence electrons. The molecule has 0 spiro atoms. The molecule has 1 N–H and O–H groups in total. The third-order valence-electron chi connectivity index (χ3n) is 5.45. The van der Waals surface area contributed by atoms with Crippen molar-refractivity contribution in [2.45, 2.75) is 64.7 Å². The Labute approximate surface area is 161 Å². The van der Waals surface area contributed by atoms with Gasteiger partial charge in [0.05, 0.1) is 0 Å². The van der Waals surface area contributed by atoms with Gasteiger partial charge < -0.3 is 5.11 Å². The normalized spacial score (nSPS) is 19.7. The summed E-state index contributed by atoms with van der Waals surface area (Å²) in [6.07, 6.45) is 10.5. The highest BCUT2D eigenvalue weighted by molar-refractivity contribution is 6.04. The van der Waals surface area contributed by atoms with Crippen molar-refractivity contribution in [3.8, 4) is 0 Å². The first-order chi connectivity index (χ1) is 13.0. The van der Waals surface area contributed by atoms with Crippen LogP contribution in [-0.4, -0.2) is 22.6 Å². The fraction of sp³-hybridized carbons (Fsp3) is 0.522. The van der Waals surface area contributed by atoms with Gasteiger partial charge in [-0.1, -0.05) is 56.5 Å². The van der Waals surface area contributed by atoms with Gasteiger partial charge in [-0.3, -0.25) is 14.4 Å². The highest BCUT2D eigenvalue weighted by atomic mass is 16.4. The Bertz CT molecular complexity index is 672. The number of carbonyl (C=O) groups is 3. The van der Waals surface area contributed by atoms with Crippen molar-refractivity contribution in [2.24, 2.45) is 11.8 Å². The van der Waals surface area contributed by atoms with E-state index >= 15 is 0 Å². The summed E-state index contributed by atoms with van der Waals surface area (Å²) >= 11 is 0. The topological polar surface area (TPSA) is 71.4 Å². The summed E-state index contributed by atoms with van der Waals surface area (Å²) in [6, 6.07) is 7.68. The quantitative estimate of drug-likeness (QED) is 0.338. The first kappa shape index (κ1) is 21.1. The Morgan fingerprint density at radius 1 is 1.11 bits per heavy atom. The molecule has 1 saturated carbocycles. The molecule has 1 aromatic rings. The predicted molar refractivity (Wildman–Crippen MR) is 106 cm³/mol. The molecule has 27 heavy (non-hydrogen) atoms. The molecule has 0 aliphatic heterocycles. The van der Waals surface area contributed by atoms with Crippen LogP contribution < -0.4 is 0 Å². The summed E-state index contributed by atoms with van der Waals surface area (Å²) in [5, 5.41) is 8.64. The molecule has 0 saturated heterocycles. The third-order valence-corrected chi connectivity index (χ3v) is 5.45. The summed E-state index contributed by atoms with van der Waals surface area (Å²) in [5.74, 6) is -0.300. The minimum Gasteiger partial charge on any atom is -0.481 e. The van der Waals surface area contributed by atoms with E-state index in [1.54, 1.807) is 6.08 Å². The molecule has 2 unspecified atom stereocenters. The van der Waals surface area contributed by atoms with E-state index in [1.807, 2.05) is 30.3 Å². The molecule has 4 nitrogen and oxygen atoms in total. The van der Waals surface area contributed by atoms with Crippen molar-refractivity contribution < 1.29 is 19.5 Å². The van der Waals surface area contributed by atoms with E-state index < -0.39 is 5.97 Å². The Kier molecular flexibility index (Phi) is 8.43. The number of carboxylic acids is 1. The molecule has 0 heterocycles. The summed E-state index contributed by atoms with van der Waals surface area (Å²) in [7, 11) is 0. The van der Waals surface area contributed by atoms with E-state index in [-0.39, 0.29) is 24.0 Å². The predicted octanol–water partition coefficient (Wildman–Crippen LogP) is 5.01. The van der Waals surface area contributed by atoms with Gasteiger partial charge in [0.15, 0.2) is 5.78 Å². The highest BCUT2D eigenvalue weighted by Gasteiger charge is 2.32. The van der Waals surface area contributed by atoms with Crippen LogP contribution in [0.3, 0.4) is 0 Å². The first-order valence-corrected chi connectivity index (χ1v) is 10.1. The van der Waals surface area contributed by atoms with E-state index in [0.29, 0.717) is 24.2 Å². The second-order valence-corrected chi connectivity index (χ2v) is 7.40. The third kappa shape index (κ3) is 6.78. The lowest BCUT2D eigenvalue weighted by Gasteiger charge is -2.14. The van der Waals surface area contributed by atoms with Gasteiger partial charge in [-0.25, -0.2) is 0 Å². The molecule has 1 aromatic carbocycles. The Morgan fingerprint density at radius 3 is 2.48 bits per heavy atom. The summed E-state index contributed by atoms with van der Waals surface area (Å²) in [4.78, 5) is 35.0. The van der Waals surface area contributed by atoms with E-state index in [1.165, 1.54) is 5.56 Å². The number of aryl methyl sites for hydroxylation is 1. The number of benzene rings is 1. The SMILES string of the molecule is CCc1ccc(C(=O)C=CC2CCC(=O)C2CCCCCCC(=O)O)cc1. The van der Waals surface area contributed by atoms with Gasteiger partial charge in [-0.15, -0.1) is 0 Å². The van der Waals surface area contributed by atoms with Crippen molar-refractivity contribution >= 4 is 17.5 Å². The van der Waals surface area contributed by atoms with Crippen LogP contribution in [0, 0.1) is 11.8 Å². The lowest BCUT2D eigenvalue weighted by atomic mass is 9.89. The first-order valence-electron chi connectivity index (χ1n) is 10.1. The number of hydrogen-bond acceptors (Lipinski definition) is 3. The maximum atomic E-state index is 12.4. The molecule has 4 heteroatoms. The number of rotatable bonds is 11. The number of aliphatic carboxylic acids is 1. The maximum absolute atomic E-state index is 12.4. The van der Waals surface area contributed by atoms with Crippen LogP contribution in [0.15, 0.2) is 36.4 Å². The number of carbonyl (C=O) groups excluding carboxylic acids is 2. The lowest BCUT2D eigenvalue weighted by molar-refractivity contribution is -0.137. The zero-order valence-electron chi connectivity index (χ0n) is 16.2. The van der Waals surface area contributed by atoms with Gasteiger partial charge in [0.1, 0.15) is 5.78 Å². The number of hydrogen-bond donors (Lipinski definition) is 1. The minimum atomic E-state index is -0.750. The van der Waals surface area contributed by atoms with Crippen LogP contribution in [0.2, 0.25) is 0 Å². The fourth-order valence-corrected chi connectivity index (χ4v) is 3.75. The second kappa shape index (κ2) is 10.8. The molecule has 0 aromatic heterocycles. The van der Waals surface area contributed by atoms with Gasteiger partial charge in [-0.05, 0) is 43.2 Å². The maximum Gasteiger partial charge on any atom is 0.303 e. The van der Waals surface area contributed by atoms with Crippen molar-refractivity contribution in [3.63, 3.8) is 0 Å². The number of unbranched alkanes of at least 4 members (excludes halogenated alkanes) is 3. The molecule has 1 aliphatic carbocycles. The standard InChI is InChI=1S/C23H30O4/c1-2-17-9-11-19(12-10-17)21(24)15-13-18-14-16-22(25)20(18)7-5-3-4-6-8-23(26)27/h9-13,15,18,20H,2-8,14,16H2,1H3,(H,26,27). The smallest absolute Gasteiger partial charge is 0.303 e. The van der Waals surface area contributed by atoms with E-state index in [4.69, 9.17) is 5.11 Å². The van der Waals surface area contributed by atoms with Gasteiger partial charge in [0.25, 0.3) is 0 Å². The summed E-state index contributed by atoms with van der Waals surface area (Å²) in [6.45, 7) is 2.08. The molecular formula is C23H30O4. The Balaban J connectivity index is 1.82. The summed E-state index contributed by atoms with van der Waals surface area (Å²) < 4.78 is 0. The molecular weight excluding hydrogens is 340 g/mol. The van der Waals surface area contributed by atoms with E-state index in [0.717, 1.165) is 38.5 Å². The fourth-order valence-electron chi connectivity index (χ4n) is 3.75. The van der Waals surface area contributed by atoms with Gasteiger partial charge >= 0.3 is 5.97 Å². The average Bonchev–Trinajstić information content (AvgIpc) is 3.02. The van der Waals surface area contributed by atoms with E-state index in [2.05, 4.69) is 6.92 Å². The minimum absolute atomic E-state index is 0.00979. The van der Waals surface area contributed by atoms with Crippen molar-refractivity contribution in [2.75, 3.05) is 0 Å². The number of ketones is 2. The zero-order chi connectivity index (χ0) is 19.6. The van der Waals surface area contributed by atoms with Gasteiger partial charge in [0.2, 0.25) is 0 Å². The van der Waals surface area contributed by atoms with Crippen molar-refractivity contribution in [3.05, 3.63) is 47.5 Å². The second-order valence-electron chi connectivity index (χ2n) is 7.40. The number of Topliss-reactive ketones (excluding diaryl/α,β-unsaturated/α-hetero) is 1. The molecule has 0 amide bonds. The van der Waals surface area contributed by atoms with E-state index in [9.17, 15) is 14.4 Å². The molecule has 2 atom stereocenters. The van der Waals surface area contributed by atoms with Crippen molar-refractivity contribution in [1.82, 2.24) is 0 Å². The monoisotopic (exact) mass is 370 g/mol. The molecule has 1 aliphatic rings. The highest BCUT2D eigenvalue weighted by Crippen LogP contribution is 2.34. The lowest BCUT2D eigenvalue weighted by Crippen LogP contribution is -2.13. The Hall–Kier alpha value is -2.23.